The first-order valence-electron chi connectivity index (χ1n) is 10.1. The first-order chi connectivity index (χ1) is 13.7. The Balaban J connectivity index is 1.71. The second kappa shape index (κ2) is 8.36. The standard InChI is InChI=1S/C24H29FN2O2/c1-16-8-5-12-20(25)21(16)23(29)27-13-7-9-17(15-27)22(28)26-19-11-6-10-18(14-19)24(2,3)4/h5-6,8,10-12,14,17H,7,9,13,15H2,1-4H3,(H,26,28). The van der Waals surface area contributed by atoms with E-state index in [9.17, 15) is 14.0 Å². The highest BCUT2D eigenvalue weighted by Crippen LogP contribution is 2.26. The van der Waals surface area contributed by atoms with Crippen LogP contribution in [0.4, 0.5) is 10.1 Å². The smallest absolute Gasteiger partial charge is 0.257 e. The maximum absolute atomic E-state index is 14.2. The predicted octanol–water partition coefficient (Wildman–Crippen LogP) is 4.92. The van der Waals surface area contributed by atoms with Crippen LogP contribution in [0, 0.1) is 18.7 Å². The highest BCUT2D eigenvalue weighted by molar-refractivity contribution is 5.97. The summed E-state index contributed by atoms with van der Waals surface area (Å²) in [5, 5.41) is 3.00. The van der Waals surface area contributed by atoms with Gasteiger partial charge in [-0.15, -0.1) is 0 Å². The van der Waals surface area contributed by atoms with E-state index in [0.717, 1.165) is 17.7 Å². The van der Waals surface area contributed by atoms with Crippen LogP contribution in [0.1, 0.15) is 55.1 Å². The maximum atomic E-state index is 14.2. The van der Waals surface area contributed by atoms with Gasteiger partial charge in [-0.05, 0) is 54.5 Å². The second-order valence-corrected chi connectivity index (χ2v) is 8.84. The first kappa shape index (κ1) is 21.0. The van der Waals surface area contributed by atoms with E-state index in [0.29, 0.717) is 25.1 Å². The zero-order valence-electron chi connectivity index (χ0n) is 17.6. The van der Waals surface area contributed by atoms with Crippen molar-refractivity contribution in [2.45, 2.75) is 46.0 Å². The van der Waals surface area contributed by atoms with Crippen molar-refractivity contribution in [2.24, 2.45) is 5.92 Å². The lowest BCUT2D eigenvalue weighted by molar-refractivity contribution is -0.121. The molecular formula is C24H29FN2O2. The number of nitrogens with zero attached hydrogens (tertiary/aromatic N) is 1. The van der Waals surface area contributed by atoms with Crippen LogP contribution < -0.4 is 5.32 Å². The van der Waals surface area contributed by atoms with Gasteiger partial charge < -0.3 is 10.2 Å². The molecule has 0 saturated carbocycles. The fourth-order valence-corrected chi connectivity index (χ4v) is 3.74. The van der Waals surface area contributed by atoms with Gasteiger partial charge in [-0.2, -0.15) is 0 Å². The van der Waals surface area contributed by atoms with Crippen LogP contribution in [-0.4, -0.2) is 29.8 Å². The number of nitrogens with one attached hydrogen (secondary N) is 1. The molecule has 5 heteroatoms. The van der Waals surface area contributed by atoms with Crippen LogP contribution in [-0.2, 0) is 10.2 Å². The largest absolute Gasteiger partial charge is 0.338 e. The summed E-state index contributed by atoms with van der Waals surface area (Å²) >= 11 is 0. The third kappa shape index (κ3) is 4.84. The molecule has 1 atom stereocenters. The number of likely N-dealkylation sites (tertiary alicyclic amines) is 1. The Morgan fingerprint density at radius 1 is 1.14 bits per heavy atom. The minimum atomic E-state index is -0.513. The first-order valence-corrected chi connectivity index (χ1v) is 10.1. The SMILES string of the molecule is Cc1cccc(F)c1C(=O)N1CCCC(C(=O)Nc2cccc(C(C)(C)C)c2)C1. The van der Waals surface area contributed by atoms with E-state index < -0.39 is 5.82 Å². The molecular weight excluding hydrogens is 367 g/mol. The fourth-order valence-electron chi connectivity index (χ4n) is 3.74. The van der Waals surface area contributed by atoms with Gasteiger partial charge in [0, 0.05) is 18.8 Å². The van der Waals surface area contributed by atoms with Crippen molar-refractivity contribution < 1.29 is 14.0 Å². The number of carbonyl (C=O) groups is 2. The molecule has 154 valence electrons. The van der Waals surface area contributed by atoms with Crippen LogP contribution in [0.3, 0.4) is 0 Å². The number of benzene rings is 2. The molecule has 3 rings (SSSR count). The molecule has 1 heterocycles. The van der Waals surface area contributed by atoms with Gasteiger partial charge in [-0.1, -0.05) is 45.0 Å². The van der Waals surface area contributed by atoms with Gasteiger partial charge in [0.25, 0.3) is 5.91 Å². The molecule has 1 unspecified atom stereocenters. The lowest BCUT2D eigenvalue weighted by Gasteiger charge is -2.32. The van der Waals surface area contributed by atoms with Crippen molar-refractivity contribution in [1.29, 1.82) is 0 Å². The Labute approximate surface area is 172 Å². The number of anilines is 1. The van der Waals surface area contributed by atoms with E-state index >= 15 is 0 Å². The fraction of sp³-hybridized carbons (Fsp3) is 0.417. The van der Waals surface area contributed by atoms with Crippen molar-refractivity contribution in [2.75, 3.05) is 18.4 Å². The Bertz CT molecular complexity index is 897. The van der Waals surface area contributed by atoms with Crippen molar-refractivity contribution in [1.82, 2.24) is 4.90 Å². The highest BCUT2D eigenvalue weighted by atomic mass is 19.1. The van der Waals surface area contributed by atoms with Gasteiger partial charge in [-0.3, -0.25) is 9.59 Å². The Hall–Kier alpha value is -2.69. The normalized spacial score (nSPS) is 17.1. The molecule has 0 radical (unpaired) electrons. The molecule has 0 spiro atoms. The molecule has 2 aromatic carbocycles. The van der Waals surface area contributed by atoms with Gasteiger partial charge in [0.1, 0.15) is 5.82 Å². The summed E-state index contributed by atoms with van der Waals surface area (Å²) < 4.78 is 14.2. The topological polar surface area (TPSA) is 49.4 Å². The van der Waals surface area contributed by atoms with Crippen molar-refractivity contribution in [3.05, 3.63) is 65.0 Å². The Kier molecular flexibility index (Phi) is 6.06. The summed E-state index contributed by atoms with van der Waals surface area (Å²) in [5.74, 6) is -1.26. The molecule has 0 aromatic heterocycles. The van der Waals surface area contributed by atoms with E-state index in [-0.39, 0.29) is 28.7 Å². The Morgan fingerprint density at radius 2 is 1.86 bits per heavy atom. The number of aryl methyl sites for hydroxylation is 1. The Morgan fingerprint density at radius 3 is 2.55 bits per heavy atom. The zero-order chi connectivity index (χ0) is 21.2. The van der Waals surface area contributed by atoms with E-state index in [4.69, 9.17) is 0 Å². The summed E-state index contributed by atoms with van der Waals surface area (Å²) in [4.78, 5) is 27.3. The number of carbonyl (C=O) groups excluding carboxylic acids is 2. The van der Waals surface area contributed by atoms with Gasteiger partial charge in [-0.25, -0.2) is 4.39 Å². The van der Waals surface area contributed by atoms with Gasteiger partial charge in [0.2, 0.25) is 5.91 Å². The lowest BCUT2D eigenvalue weighted by atomic mass is 9.87. The highest BCUT2D eigenvalue weighted by Gasteiger charge is 2.30. The molecule has 2 aromatic rings. The molecule has 2 amide bonds. The van der Waals surface area contributed by atoms with Crippen molar-refractivity contribution in [3.63, 3.8) is 0 Å². The van der Waals surface area contributed by atoms with Gasteiger partial charge in [0.15, 0.2) is 0 Å². The number of amides is 2. The summed E-state index contributed by atoms with van der Waals surface area (Å²) in [7, 11) is 0. The number of hydrogen-bond donors (Lipinski definition) is 1. The maximum Gasteiger partial charge on any atom is 0.257 e. The average Bonchev–Trinajstić information content (AvgIpc) is 2.67. The lowest BCUT2D eigenvalue weighted by Crippen LogP contribution is -2.44. The summed E-state index contributed by atoms with van der Waals surface area (Å²) in [5.41, 5.74) is 2.61. The quantitative estimate of drug-likeness (QED) is 0.800. The minimum Gasteiger partial charge on any atom is -0.338 e. The summed E-state index contributed by atoms with van der Waals surface area (Å²) in [6, 6.07) is 12.5. The van der Waals surface area contributed by atoms with Crippen molar-refractivity contribution >= 4 is 17.5 Å². The zero-order valence-corrected chi connectivity index (χ0v) is 17.6. The molecule has 1 saturated heterocycles. The molecule has 29 heavy (non-hydrogen) atoms. The van der Waals surface area contributed by atoms with Crippen LogP contribution in [0.15, 0.2) is 42.5 Å². The third-order valence-electron chi connectivity index (χ3n) is 5.51. The van der Waals surface area contributed by atoms with E-state index in [1.165, 1.54) is 6.07 Å². The predicted molar refractivity (Wildman–Crippen MR) is 114 cm³/mol. The number of rotatable bonds is 3. The monoisotopic (exact) mass is 396 g/mol. The molecule has 0 aliphatic carbocycles. The molecule has 4 nitrogen and oxygen atoms in total. The van der Waals surface area contributed by atoms with Crippen LogP contribution >= 0.6 is 0 Å². The van der Waals surface area contributed by atoms with Crippen molar-refractivity contribution in [3.8, 4) is 0 Å². The minimum absolute atomic E-state index is 0.00753. The van der Waals surface area contributed by atoms with E-state index in [1.807, 2.05) is 24.3 Å². The van der Waals surface area contributed by atoms with E-state index in [2.05, 4.69) is 26.1 Å². The molecule has 1 aliphatic heterocycles. The molecule has 1 fully saturated rings. The van der Waals surface area contributed by atoms with Gasteiger partial charge >= 0.3 is 0 Å². The molecule has 1 aliphatic rings. The average molecular weight is 397 g/mol. The molecule has 0 bridgehead atoms. The van der Waals surface area contributed by atoms with Crippen LogP contribution in [0.5, 0.6) is 0 Å². The van der Waals surface area contributed by atoms with E-state index in [1.54, 1.807) is 24.0 Å². The summed E-state index contributed by atoms with van der Waals surface area (Å²) in [6.45, 7) is 8.95. The van der Waals surface area contributed by atoms with Crippen LogP contribution in [0.25, 0.3) is 0 Å². The third-order valence-corrected chi connectivity index (χ3v) is 5.51. The summed E-state index contributed by atoms with van der Waals surface area (Å²) in [6.07, 6.45) is 1.43. The molecule has 1 N–H and O–H groups in total. The second-order valence-electron chi connectivity index (χ2n) is 8.84. The number of hydrogen-bond acceptors (Lipinski definition) is 2. The number of halogens is 1. The van der Waals surface area contributed by atoms with Gasteiger partial charge in [0.05, 0.1) is 11.5 Å². The number of piperidine rings is 1. The van der Waals surface area contributed by atoms with Crippen LogP contribution in [0.2, 0.25) is 0 Å².